The number of rotatable bonds is 4. The molecule has 1 aliphatic heterocycles. The van der Waals surface area contributed by atoms with Crippen molar-refractivity contribution < 1.29 is 13.2 Å². The second kappa shape index (κ2) is 5.39. The van der Waals surface area contributed by atoms with E-state index in [0.717, 1.165) is 12.8 Å². The van der Waals surface area contributed by atoms with Crippen LogP contribution in [0.1, 0.15) is 32.3 Å². The van der Waals surface area contributed by atoms with Gasteiger partial charge in [-0.25, -0.2) is 8.42 Å². The average molecular weight is 321 g/mol. The molecule has 1 aromatic rings. The molecule has 3 rings (SSSR count). The van der Waals surface area contributed by atoms with Crippen LogP contribution in [0.4, 0.5) is 0 Å². The normalized spacial score (nSPS) is 22.2. The van der Waals surface area contributed by atoms with Gasteiger partial charge in [0.25, 0.3) is 10.0 Å². The van der Waals surface area contributed by atoms with Gasteiger partial charge in [0.05, 0.1) is 4.90 Å². The van der Waals surface area contributed by atoms with Crippen molar-refractivity contribution in [3.63, 3.8) is 0 Å². The molecule has 22 heavy (non-hydrogen) atoms. The first kappa shape index (κ1) is 15.0. The first-order chi connectivity index (χ1) is 10.4. The SMILES string of the molecule is CC(C)C(N=C1NS(=O)(=O)c2ccccc21)C(=O)NC1CC1. The molecule has 1 saturated carbocycles. The number of benzene rings is 1. The Morgan fingerprint density at radius 2 is 2.00 bits per heavy atom. The van der Waals surface area contributed by atoms with E-state index < -0.39 is 16.1 Å². The molecule has 0 spiro atoms. The molecule has 2 aliphatic rings. The highest BCUT2D eigenvalue weighted by atomic mass is 32.2. The van der Waals surface area contributed by atoms with Crippen molar-refractivity contribution in [3.8, 4) is 0 Å². The monoisotopic (exact) mass is 321 g/mol. The molecule has 1 unspecified atom stereocenters. The van der Waals surface area contributed by atoms with Crippen LogP contribution in [0, 0.1) is 5.92 Å². The fourth-order valence-electron chi connectivity index (χ4n) is 2.39. The molecular weight excluding hydrogens is 302 g/mol. The van der Waals surface area contributed by atoms with Gasteiger partial charge in [-0.05, 0) is 30.9 Å². The predicted molar refractivity (Wildman–Crippen MR) is 83.1 cm³/mol. The van der Waals surface area contributed by atoms with Gasteiger partial charge in [0.2, 0.25) is 5.91 Å². The number of fused-ring (bicyclic) bond motifs is 1. The summed E-state index contributed by atoms with van der Waals surface area (Å²) in [6.45, 7) is 3.80. The Kier molecular flexibility index (Phi) is 3.68. The fraction of sp³-hybridized carbons (Fsp3) is 0.467. The van der Waals surface area contributed by atoms with Crippen molar-refractivity contribution >= 4 is 21.8 Å². The van der Waals surface area contributed by atoms with Crippen LogP contribution in [0.15, 0.2) is 34.2 Å². The maximum Gasteiger partial charge on any atom is 0.263 e. The van der Waals surface area contributed by atoms with E-state index in [2.05, 4.69) is 15.0 Å². The second-order valence-electron chi connectivity index (χ2n) is 6.05. The second-order valence-corrected chi connectivity index (χ2v) is 7.70. The standard InChI is InChI=1S/C15H19N3O3S/c1-9(2)13(15(19)16-10-7-8-10)17-14-11-5-3-4-6-12(11)22(20,21)18-14/h3-6,9-10,13H,7-8H2,1-2H3,(H,16,19)(H,17,18). The summed E-state index contributed by atoms with van der Waals surface area (Å²) in [5.74, 6) is 0.0809. The molecule has 6 nitrogen and oxygen atoms in total. The van der Waals surface area contributed by atoms with Gasteiger partial charge in [0, 0.05) is 11.6 Å². The van der Waals surface area contributed by atoms with Gasteiger partial charge in [-0.2, -0.15) is 0 Å². The number of aliphatic imine (C=N–C) groups is 1. The Morgan fingerprint density at radius 3 is 2.64 bits per heavy atom. The number of nitrogens with zero attached hydrogens (tertiary/aromatic N) is 1. The van der Waals surface area contributed by atoms with Crippen molar-refractivity contribution in [2.24, 2.45) is 10.9 Å². The lowest BCUT2D eigenvalue weighted by Gasteiger charge is -2.17. The van der Waals surface area contributed by atoms with Crippen molar-refractivity contribution in [2.75, 3.05) is 0 Å². The maximum atomic E-state index is 12.3. The summed E-state index contributed by atoms with van der Waals surface area (Å²) in [5, 5.41) is 2.93. The number of hydrogen-bond donors (Lipinski definition) is 2. The molecule has 1 heterocycles. The zero-order valence-electron chi connectivity index (χ0n) is 12.5. The minimum atomic E-state index is -3.57. The zero-order chi connectivity index (χ0) is 15.9. The van der Waals surface area contributed by atoms with E-state index >= 15 is 0 Å². The molecule has 0 radical (unpaired) electrons. The predicted octanol–water partition coefficient (Wildman–Crippen LogP) is 1.03. The zero-order valence-corrected chi connectivity index (χ0v) is 13.4. The molecule has 118 valence electrons. The Balaban J connectivity index is 1.94. The lowest BCUT2D eigenvalue weighted by atomic mass is 10.0. The van der Waals surface area contributed by atoms with E-state index in [1.807, 2.05) is 13.8 Å². The third kappa shape index (κ3) is 2.85. The van der Waals surface area contributed by atoms with Crippen LogP contribution in [-0.2, 0) is 14.8 Å². The minimum absolute atomic E-state index is 0.0245. The molecule has 1 amide bonds. The largest absolute Gasteiger partial charge is 0.352 e. The van der Waals surface area contributed by atoms with Crippen molar-refractivity contribution in [1.29, 1.82) is 0 Å². The molecule has 0 aromatic heterocycles. The molecular formula is C15H19N3O3S. The van der Waals surface area contributed by atoms with E-state index in [1.54, 1.807) is 18.2 Å². The highest BCUT2D eigenvalue weighted by molar-refractivity contribution is 7.90. The average Bonchev–Trinajstić information content (AvgIpc) is 3.22. The number of nitrogens with one attached hydrogen (secondary N) is 2. The molecule has 1 aromatic carbocycles. The molecule has 1 atom stereocenters. The summed E-state index contributed by atoms with van der Waals surface area (Å²) >= 11 is 0. The van der Waals surface area contributed by atoms with Gasteiger partial charge in [-0.15, -0.1) is 0 Å². The topological polar surface area (TPSA) is 87.6 Å². The third-order valence-corrected chi connectivity index (χ3v) is 5.15. The van der Waals surface area contributed by atoms with Crippen molar-refractivity contribution in [1.82, 2.24) is 10.0 Å². The first-order valence-corrected chi connectivity index (χ1v) is 8.87. The number of carbonyl (C=O) groups excluding carboxylic acids is 1. The summed E-state index contributed by atoms with van der Waals surface area (Å²) in [7, 11) is -3.57. The van der Waals surface area contributed by atoms with Gasteiger partial charge >= 0.3 is 0 Å². The van der Waals surface area contributed by atoms with Crippen LogP contribution in [0.5, 0.6) is 0 Å². The smallest absolute Gasteiger partial charge is 0.263 e. The van der Waals surface area contributed by atoms with Crippen LogP contribution >= 0.6 is 0 Å². The molecule has 0 saturated heterocycles. The van der Waals surface area contributed by atoms with E-state index in [1.165, 1.54) is 6.07 Å². The number of carbonyl (C=O) groups is 1. The lowest BCUT2D eigenvalue weighted by Crippen LogP contribution is -2.39. The molecule has 1 aliphatic carbocycles. The van der Waals surface area contributed by atoms with Crippen molar-refractivity contribution in [3.05, 3.63) is 29.8 Å². The molecule has 1 fully saturated rings. The van der Waals surface area contributed by atoms with Gasteiger partial charge in [-0.1, -0.05) is 26.0 Å². The van der Waals surface area contributed by atoms with Gasteiger partial charge in [0.15, 0.2) is 0 Å². The Labute approximate surface area is 130 Å². The Bertz CT molecular complexity index is 736. The summed E-state index contributed by atoms with van der Waals surface area (Å²) in [6, 6.07) is 6.30. The fourth-order valence-corrected chi connectivity index (χ4v) is 3.63. The van der Waals surface area contributed by atoms with Crippen LogP contribution < -0.4 is 10.0 Å². The summed E-state index contributed by atoms with van der Waals surface area (Å²) in [4.78, 5) is 16.9. The quantitative estimate of drug-likeness (QED) is 0.868. The van der Waals surface area contributed by atoms with Crippen LogP contribution in [-0.4, -0.2) is 32.2 Å². The van der Waals surface area contributed by atoms with Crippen LogP contribution in [0.2, 0.25) is 0 Å². The number of sulfonamides is 1. The summed E-state index contributed by atoms with van der Waals surface area (Å²) < 4.78 is 26.6. The number of hydrogen-bond acceptors (Lipinski definition) is 4. The Hall–Kier alpha value is -1.89. The molecule has 7 heteroatoms. The molecule has 2 N–H and O–H groups in total. The molecule has 0 bridgehead atoms. The van der Waals surface area contributed by atoms with Crippen LogP contribution in [0.25, 0.3) is 0 Å². The van der Waals surface area contributed by atoms with E-state index in [-0.39, 0.29) is 28.6 Å². The highest BCUT2D eigenvalue weighted by Crippen LogP contribution is 2.24. The third-order valence-electron chi connectivity index (χ3n) is 3.75. The van der Waals surface area contributed by atoms with Crippen molar-refractivity contribution in [2.45, 2.75) is 43.7 Å². The Morgan fingerprint density at radius 1 is 1.32 bits per heavy atom. The maximum absolute atomic E-state index is 12.3. The van der Waals surface area contributed by atoms with E-state index in [4.69, 9.17) is 0 Å². The van der Waals surface area contributed by atoms with E-state index in [9.17, 15) is 13.2 Å². The van der Waals surface area contributed by atoms with E-state index in [0.29, 0.717) is 5.56 Å². The minimum Gasteiger partial charge on any atom is -0.352 e. The first-order valence-electron chi connectivity index (χ1n) is 7.39. The summed E-state index contributed by atoms with van der Waals surface area (Å²) in [6.07, 6.45) is 2.01. The number of amides is 1. The van der Waals surface area contributed by atoms with Crippen LogP contribution in [0.3, 0.4) is 0 Å². The van der Waals surface area contributed by atoms with Gasteiger partial charge in [-0.3, -0.25) is 14.5 Å². The van der Waals surface area contributed by atoms with Gasteiger partial charge < -0.3 is 5.32 Å². The lowest BCUT2D eigenvalue weighted by molar-refractivity contribution is -0.123. The van der Waals surface area contributed by atoms with Gasteiger partial charge in [0.1, 0.15) is 11.9 Å². The number of amidine groups is 1. The highest BCUT2D eigenvalue weighted by Gasteiger charge is 2.33. The summed E-state index contributed by atoms with van der Waals surface area (Å²) in [5.41, 5.74) is 0.521.